The highest BCUT2D eigenvalue weighted by molar-refractivity contribution is 6.31. The van der Waals surface area contributed by atoms with Gasteiger partial charge in [-0.3, -0.25) is 4.79 Å². The van der Waals surface area contributed by atoms with E-state index in [1.165, 1.54) is 0 Å². The molecular formula is C22H16Cl2N2O. The molecule has 0 bridgehead atoms. The molecular weight excluding hydrogens is 379 g/mol. The maximum absolute atomic E-state index is 13.1. The molecule has 1 atom stereocenters. The van der Waals surface area contributed by atoms with Crippen LogP contribution in [0, 0.1) is 0 Å². The number of hydrogen-bond acceptors (Lipinski definition) is 2. The molecule has 4 rings (SSSR count). The normalized spacial score (nSPS) is 16.3. The van der Waals surface area contributed by atoms with E-state index in [0.717, 1.165) is 16.8 Å². The van der Waals surface area contributed by atoms with Crippen molar-refractivity contribution in [3.8, 4) is 0 Å². The number of amides is 1. The van der Waals surface area contributed by atoms with Crippen molar-refractivity contribution in [1.82, 2.24) is 5.01 Å². The zero-order valence-corrected chi connectivity index (χ0v) is 15.9. The number of benzene rings is 3. The minimum Gasteiger partial charge on any atom is -0.267 e. The Balaban J connectivity index is 1.72. The van der Waals surface area contributed by atoms with Crippen LogP contribution in [0.5, 0.6) is 0 Å². The summed E-state index contributed by atoms with van der Waals surface area (Å²) < 4.78 is 0. The highest BCUT2D eigenvalue weighted by Crippen LogP contribution is 2.34. The van der Waals surface area contributed by atoms with Gasteiger partial charge in [-0.15, -0.1) is 0 Å². The molecule has 1 aliphatic heterocycles. The number of hydrazone groups is 1. The van der Waals surface area contributed by atoms with Gasteiger partial charge >= 0.3 is 0 Å². The van der Waals surface area contributed by atoms with Gasteiger partial charge in [0, 0.05) is 22.0 Å². The van der Waals surface area contributed by atoms with Gasteiger partial charge in [-0.2, -0.15) is 5.10 Å². The third-order valence-electron chi connectivity index (χ3n) is 4.57. The number of carbonyl (C=O) groups is 1. The molecule has 1 amide bonds. The summed E-state index contributed by atoms with van der Waals surface area (Å²) in [6.07, 6.45) is 0.627. The van der Waals surface area contributed by atoms with Crippen LogP contribution in [-0.2, 0) is 0 Å². The SMILES string of the molecule is O=C(c1ccccc1)N1N=C(c2ccc(Cl)cc2)C[C@@H]1c1ccc(Cl)cc1. The monoisotopic (exact) mass is 394 g/mol. The van der Waals surface area contributed by atoms with Crippen molar-refractivity contribution in [2.24, 2.45) is 5.10 Å². The Bertz CT molecular complexity index is 983. The average molecular weight is 395 g/mol. The Morgan fingerprint density at radius 2 is 1.44 bits per heavy atom. The molecule has 0 saturated carbocycles. The summed E-state index contributed by atoms with van der Waals surface area (Å²) >= 11 is 12.0. The topological polar surface area (TPSA) is 32.7 Å². The summed E-state index contributed by atoms with van der Waals surface area (Å²) in [6.45, 7) is 0. The molecule has 0 radical (unpaired) electrons. The molecule has 1 aliphatic rings. The predicted octanol–water partition coefficient (Wildman–Crippen LogP) is 5.98. The van der Waals surface area contributed by atoms with E-state index in [0.29, 0.717) is 22.0 Å². The highest BCUT2D eigenvalue weighted by atomic mass is 35.5. The first-order valence-corrected chi connectivity index (χ1v) is 9.35. The van der Waals surface area contributed by atoms with Crippen molar-refractivity contribution in [2.45, 2.75) is 12.5 Å². The molecule has 3 aromatic rings. The quantitative estimate of drug-likeness (QED) is 0.537. The van der Waals surface area contributed by atoms with Crippen LogP contribution in [-0.4, -0.2) is 16.6 Å². The molecule has 1 heterocycles. The minimum atomic E-state index is -0.180. The lowest BCUT2D eigenvalue weighted by atomic mass is 9.98. The Morgan fingerprint density at radius 1 is 0.852 bits per heavy atom. The summed E-state index contributed by atoms with van der Waals surface area (Å²) in [7, 11) is 0. The summed E-state index contributed by atoms with van der Waals surface area (Å²) in [6, 6.07) is 24.1. The maximum Gasteiger partial charge on any atom is 0.274 e. The lowest BCUT2D eigenvalue weighted by molar-refractivity contribution is 0.0711. The third kappa shape index (κ3) is 3.75. The van der Waals surface area contributed by atoms with Crippen LogP contribution in [0.25, 0.3) is 0 Å². The van der Waals surface area contributed by atoms with Crippen molar-refractivity contribution in [1.29, 1.82) is 0 Å². The summed E-state index contributed by atoms with van der Waals surface area (Å²) in [5, 5.41) is 7.57. The molecule has 0 N–H and O–H groups in total. The Kier molecular flexibility index (Phi) is 4.97. The molecule has 3 aromatic carbocycles. The predicted molar refractivity (Wildman–Crippen MR) is 109 cm³/mol. The average Bonchev–Trinajstić information content (AvgIpc) is 3.14. The Morgan fingerprint density at radius 3 is 2.07 bits per heavy atom. The second-order valence-electron chi connectivity index (χ2n) is 6.34. The van der Waals surface area contributed by atoms with Crippen LogP contribution < -0.4 is 0 Å². The molecule has 0 fully saturated rings. The van der Waals surface area contributed by atoms with E-state index >= 15 is 0 Å². The fourth-order valence-electron chi connectivity index (χ4n) is 3.17. The number of nitrogens with zero attached hydrogens (tertiary/aromatic N) is 2. The van der Waals surface area contributed by atoms with Gasteiger partial charge in [-0.05, 0) is 47.5 Å². The smallest absolute Gasteiger partial charge is 0.267 e. The molecule has 0 aliphatic carbocycles. The van der Waals surface area contributed by atoms with Gasteiger partial charge in [0.25, 0.3) is 5.91 Å². The van der Waals surface area contributed by atoms with Crippen molar-refractivity contribution >= 4 is 34.8 Å². The number of rotatable bonds is 3. The molecule has 5 heteroatoms. The van der Waals surface area contributed by atoms with Crippen LogP contribution in [0.4, 0.5) is 0 Å². The lowest BCUT2D eigenvalue weighted by Gasteiger charge is -2.22. The van der Waals surface area contributed by atoms with Gasteiger partial charge in [0.15, 0.2) is 0 Å². The second kappa shape index (κ2) is 7.55. The van der Waals surface area contributed by atoms with Crippen LogP contribution >= 0.6 is 23.2 Å². The van der Waals surface area contributed by atoms with E-state index in [-0.39, 0.29) is 11.9 Å². The third-order valence-corrected chi connectivity index (χ3v) is 5.08. The molecule has 0 unspecified atom stereocenters. The number of halogens is 2. The van der Waals surface area contributed by atoms with Gasteiger partial charge in [-0.25, -0.2) is 5.01 Å². The molecule has 0 spiro atoms. The second-order valence-corrected chi connectivity index (χ2v) is 7.21. The van der Waals surface area contributed by atoms with Gasteiger partial charge in [-0.1, -0.05) is 65.7 Å². The number of hydrogen-bond donors (Lipinski definition) is 0. The largest absolute Gasteiger partial charge is 0.274 e. The molecule has 27 heavy (non-hydrogen) atoms. The van der Waals surface area contributed by atoms with Gasteiger partial charge in [0.2, 0.25) is 0 Å². The van der Waals surface area contributed by atoms with Crippen LogP contribution in [0.1, 0.15) is 33.9 Å². The molecule has 0 aromatic heterocycles. The van der Waals surface area contributed by atoms with E-state index in [2.05, 4.69) is 5.10 Å². The van der Waals surface area contributed by atoms with Crippen molar-refractivity contribution in [3.05, 3.63) is 106 Å². The van der Waals surface area contributed by atoms with Gasteiger partial charge < -0.3 is 0 Å². The van der Waals surface area contributed by atoms with E-state index in [9.17, 15) is 4.79 Å². The Labute approximate surface area is 167 Å². The summed E-state index contributed by atoms with van der Waals surface area (Å²) in [5.41, 5.74) is 3.42. The van der Waals surface area contributed by atoms with Crippen LogP contribution in [0.15, 0.2) is 84.0 Å². The van der Waals surface area contributed by atoms with Gasteiger partial charge in [0.1, 0.15) is 0 Å². The fraction of sp³-hybridized carbons (Fsp3) is 0.0909. The van der Waals surface area contributed by atoms with Crippen molar-refractivity contribution < 1.29 is 4.79 Å². The maximum atomic E-state index is 13.1. The highest BCUT2D eigenvalue weighted by Gasteiger charge is 2.33. The molecule has 0 saturated heterocycles. The first-order valence-electron chi connectivity index (χ1n) is 8.59. The number of carbonyl (C=O) groups excluding carboxylic acids is 1. The van der Waals surface area contributed by atoms with E-state index in [1.807, 2.05) is 66.7 Å². The zero-order valence-electron chi connectivity index (χ0n) is 14.3. The molecule has 134 valence electrons. The van der Waals surface area contributed by atoms with Crippen molar-refractivity contribution in [3.63, 3.8) is 0 Å². The van der Waals surface area contributed by atoms with Gasteiger partial charge in [0.05, 0.1) is 11.8 Å². The van der Waals surface area contributed by atoms with E-state index in [4.69, 9.17) is 23.2 Å². The van der Waals surface area contributed by atoms with Crippen LogP contribution in [0.3, 0.4) is 0 Å². The first kappa shape index (κ1) is 17.8. The standard InChI is InChI=1S/C22H16Cl2N2O/c23-18-10-6-15(7-11-18)20-14-21(16-8-12-19(24)13-9-16)26(25-20)22(27)17-4-2-1-3-5-17/h1-13,21H,14H2/t21-/m1/s1. The van der Waals surface area contributed by atoms with Crippen LogP contribution in [0.2, 0.25) is 10.0 Å². The first-order chi connectivity index (χ1) is 13.1. The fourth-order valence-corrected chi connectivity index (χ4v) is 3.42. The Hall–Kier alpha value is -2.62. The lowest BCUT2D eigenvalue weighted by Crippen LogP contribution is -2.27. The minimum absolute atomic E-state index is 0.125. The summed E-state index contributed by atoms with van der Waals surface area (Å²) in [5.74, 6) is -0.125. The molecule has 3 nitrogen and oxygen atoms in total. The zero-order chi connectivity index (χ0) is 18.8. The van der Waals surface area contributed by atoms with Crippen molar-refractivity contribution in [2.75, 3.05) is 0 Å². The van der Waals surface area contributed by atoms with E-state index in [1.54, 1.807) is 17.1 Å². The van der Waals surface area contributed by atoms with E-state index < -0.39 is 0 Å². The summed E-state index contributed by atoms with van der Waals surface area (Å²) in [4.78, 5) is 13.1.